The number of fused-ring (bicyclic) bond motifs is 1. The summed E-state index contributed by atoms with van der Waals surface area (Å²) in [6, 6.07) is 16.2. The van der Waals surface area contributed by atoms with Gasteiger partial charge in [0.05, 0.1) is 12.8 Å². The topological polar surface area (TPSA) is 72.9 Å². The maximum absolute atomic E-state index is 12.5. The fourth-order valence-electron chi connectivity index (χ4n) is 5.73. The number of amides is 1. The van der Waals surface area contributed by atoms with Gasteiger partial charge in [-0.05, 0) is 100 Å². The molecule has 1 unspecified atom stereocenters. The van der Waals surface area contributed by atoms with Crippen LogP contribution in [0.2, 0.25) is 0 Å². The number of anilines is 1. The first-order chi connectivity index (χ1) is 19.6. The largest absolute Gasteiger partial charge is 0.497 e. The zero-order valence-electron chi connectivity index (χ0n) is 24.9. The molecule has 0 saturated carbocycles. The molecule has 7 nitrogen and oxygen atoms in total. The van der Waals surface area contributed by atoms with Crippen LogP contribution in [-0.4, -0.2) is 41.6 Å². The van der Waals surface area contributed by atoms with Crippen LogP contribution in [0.4, 0.5) is 5.82 Å². The van der Waals surface area contributed by atoms with Crippen molar-refractivity contribution >= 4 is 11.7 Å². The Morgan fingerprint density at radius 2 is 1.93 bits per heavy atom. The highest BCUT2D eigenvalue weighted by molar-refractivity contribution is 5.93. The predicted molar refractivity (Wildman–Crippen MR) is 162 cm³/mol. The van der Waals surface area contributed by atoms with Crippen molar-refractivity contribution in [2.45, 2.75) is 71.5 Å². The number of hydrogen-bond acceptors (Lipinski definition) is 6. The molecule has 0 bridgehead atoms. The lowest BCUT2D eigenvalue weighted by Gasteiger charge is -2.38. The van der Waals surface area contributed by atoms with Crippen LogP contribution in [0.5, 0.6) is 11.5 Å². The number of ether oxygens (including phenoxy) is 3. The number of piperidine rings is 1. The number of nitrogens with one attached hydrogen (secondary N) is 1. The fourth-order valence-corrected chi connectivity index (χ4v) is 5.73. The second kappa shape index (κ2) is 11.9. The van der Waals surface area contributed by atoms with Gasteiger partial charge in [-0.2, -0.15) is 0 Å². The van der Waals surface area contributed by atoms with Gasteiger partial charge in [-0.25, -0.2) is 4.98 Å². The van der Waals surface area contributed by atoms with Gasteiger partial charge < -0.3 is 24.4 Å². The minimum atomic E-state index is -0.301. The molecule has 3 heterocycles. The third-order valence-electron chi connectivity index (χ3n) is 7.70. The Labute approximate surface area is 243 Å². The summed E-state index contributed by atoms with van der Waals surface area (Å²) in [7, 11) is 1.66. The van der Waals surface area contributed by atoms with Crippen molar-refractivity contribution < 1.29 is 19.0 Å². The van der Waals surface area contributed by atoms with Crippen LogP contribution in [0.1, 0.15) is 68.2 Å². The average Bonchev–Trinajstić information content (AvgIpc) is 2.94. The van der Waals surface area contributed by atoms with Crippen LogP contribution >= 0.6 is 0 Å². The van der Waals surface area contributed by atoms with E-state index in [2.05, 4.69) is 35.9 Å². The molecule has 5 rings (SSSR count). The number of aryl methyl sites for hydroxylation is 1. The highest BCUT2D eigenvalue weighted by Crippen LogP contribution is 2.41. The van der Waals surface area contributed by atoms with Crippen LogP contribution in [0.25, 0.3) is 11.3 Å². The van der Waals surface area contributed by atoms with E-state index in [9.17, 15) is 4.79 Å². The first kappa shape index (κ1) is 28.5. The number of methoxy groups -OCH3 is 1. The van der Waals surface area contributed by atoms with E-state index < -0.39 is 0 Å². The third kappa shape index (κ3) is 6.67. The molecule has 1 fully saturated rings. The zero-order chi connectivity index (χ0) is 29.1. The van der Waals surface area contributed by atoms with Crippen LogP contribution in [0.15, 0.2) is 61.0 Å². The summed E-state index contributed by atoms with van der Waals surface area (Å²) in [4.78, 5) is 19.7. The summed E-state index contributed by atoms with van der Waals surface area (Å²) < 4.78 is 17.8. The Kier molecular flexibility index (Phi) is 8.25. The quantitative estimate of drug-likeness (QED) is 0.302. The van der Waals surface area contributed by atoms with E-state index in [-0.39, 0.29) is 17.4 Å². The monoisotopic (exact) mass is 555 g/mol. The van der Waals surface area contributed by atoms with Gasteiger partial charge in [-0.3, -0.25) is 4.79 Å². The molecular formula is C34H41N3O4. The Morgan fingerprint density at radius 3 is 2.66 bits per heavy atom. The molecule has 2 aliphatic heterocycles. The molecule has 2 aromatic carbocycles. The lowest BCUT2D eigenvalue weighted by molar-refractivity contribution is -0.116. The highest BCUT2D eigenvalue weighted by Gasteiger charge is 2.30. The maximum Gasteiger partial charge on any atom is 0.225 e. The average molecular weight is 556 g/mol. The summed E-state index contributed by atoms with van der Waals surface area (Å²) in [6.45, 7) is 14.6. The molecule has 1 saturated heterocycles. The Morgan fingerprint density at radius 1 is 1.15 bits per heavy atom. The first-order valence-corrected chi connectivity index (χ1v) is 14.4. The number of rotatable bonds is 8. The molecule has 1 amide bonds. The second-order valence-electron chi connectivity index (χ2n) is 12.0. The molecule has 1 aromatic heterocycles. The van der Waals surface area contributed by atoms with E-state index in [1.54, 1.807) is 7.11 Å². The van der Waals surface area contributed by atoms with Crippen molar-refractivity contribution in [3.63, 3.8) is 0 Å². The zero-order valence-corrected chi connectivity index (χ0v) is 24.9. The van der Waals surface area contributed by atoms with Gasteiger partial charge >= 0.3 is 0 Å². The summed E-state index contributed by atoms with van der Waals surface area (Å²) in [6.07, 6.45) is 3.25. The fraction of sp³-hybridized carbons (Fsp3) is 0.412. The Hall–Kier alpha value is -4.00. The van der Waals surface area contributed by atoms with Gasteiger partial charge in [0.25, 0.3) is 0 Å². The van der Waals surface area contributed by atoms with E-state index in [0.29, 0.717) is 31.1 Å². The lowest BCUT2D eigenvalue weighted by Crippen LogP contribution is -2.37. The molecule has 2 aliphatic rings. The normalized spacial score (nSPS) is 17.0. The first-order valence-electron chi connectivity index (χ1n) is 14.4. The van der Waals surface area contributed by atoms with Gasteiger partial charge in [-0.15, -0.1) is 0 Å². The van der Waals surface area contributed by atoms with Crippen LogP contribution in [0, 0.1) is 6.92 Å². The van der Waals surface area contributed by atoms with Crippen molar-refractivity contribution in [1.82, 2.24) is 9.88 Å². The minimum Gasteiger partial charge on any atom is -0.497 e. The second-order valence-corrected chi connectivity index (χ2v) is 12.0. The van der Waals surface area contributed by atoms with E-state index >= 15 is 0 Å². The van der Waals surface area contributed by atoms with Gasteiger partial charge in [0.15, 0.2) is 5.88 Å². The maximum atomic E-state index is 12.5. The van der Waals surface area contributed by atoms with Crippen LogP contribution in [0.3, 0.4) is 0 Å². The third-order valence-corrected chi connectivity index (χ3v) is 7.70. The number of pyridine rings is 1. The number of carbonyl (C=O) groups excluding carboxylic acids is 1. The van der Waals surface area contributed by atoms with Crippen LogP contribution in [-0.2, 0) is 22.6 Å². The van der Waals surface area contributed by atoms with E-state index in [1.165, 1.54) is 5.56 Å². The molecule has 0 radical (unpaired) electrons. The van der Waals surface area contributed by atoms with Crippen LogP contribution < -0.4 is 14.8 Å². The molecule has 7 heteroatoms. The summed E-state index contributed by atoms with van der Waals surface area (Å²) in [5.41, 5.74) is 5.94. The number of nitrogens with zero attached hydrogens (tertiary/aromatic N) is 2. The lowest BCUT2D eigenvalue weighted by atomic mass is 9.84. The number of likely N-dealkylation sites (tertiary alicyclic amines) is 1. The Balaban J connectivity index is 1.49. The van der Waals surface area contributed by atoms with Crippen molar-refractivity contribution in [2.75, 3.05) is 25.5 Å². The Bertz CT molecular complexity index is 1430. The van der Waals surface area contributed by atoms with Gasteiger partial charge in [0.1, 0.15) is 29.5 Å². The number of aromatic nitrogens is 1. The van der Waals surface area contributed by atoms with E-state index in [0.717, 1.165) is 65.4 Å². The van der Waals surface area contributed by atoms with Crippen molar-refractivity contribution in [3.8, 4) is 22.8 Å². The predicted octanol–water partition coefficient (Wildman–Crippen LogP) is 7.00. The summed E-state index contributed by atoms with van der Waals surface area (Å²) in [5, 5.41) is 3.06. The number of hydrogen-bond donors (Lipinski definition) is 1. The standard InChI is InChI=1S/C34H41N3O4/c1-22-9-7-11-30(40-21-24-12-14-26(39-6)15-13-24)32(22)29-19-28(27-16-17-31(38)36-33(27)35-29)25-10-8-18-37(20-25)23(2)41-34(3,4)5/h7,9,11-15,19,25H,2,8,10,16-18,20-21H2,1,3-6H3,(H,35,36,38). The van der Waals surface area contributed by atoms with Gasteiger partial charge in [0.2, 0.25) is 5.91 Å². The molecule has 0 aliphatic carbocycles. The molecule has 3 aromatic rings. The SMILES string of the molecule is C=C(OC(C)(C)C)N1CCCC(c2cc(-c3c(C)cccc3OCc3ccc(OC)cc3)nc3c2CCC(=O)N3)C1. The van der Waals surface area contributed by atoms with E-state index in [1.807, 2.05) is 57.2 Å². The van der Waals surface area contributed by atoms with Gasteiger partial charge in [-0.1, -0.05) is 24.3 Å². The smallest absolute Gasteiger partial charge is 0.225 e. The molecule has 216 valence electrons. The highest BCUT2D eigenvalue weighted by atomic mass is 16.5. The van der Waals surface area contributed by atoms with Crippen molar-refractivity contribution in [3.05, 3.63) is 83.2 Å². The molecular weight excluding hydrogens is 514 g/mol. The molecule has 1 atom stereocenters. The summed E-state index contributed by atoms with van der Waals surface area (Å²) in [5.74, 6) is 3.23. The number of carbonyl (C=O) groups is 1. The molecule has 0 spiro atoms. The number of benzene rings is 2. The minimum absolute atomic E-state index is 0.00564. The van der Waals surface area contributed by atoms with Crippen molar-refractivity contribution in [1.29, 1.82) is 0 Å². The molecule has 1 N–H and O–H groups in total. The van der Waals surface area contributed by atoms with Gasteiger partial charge in [0, 0.05) is 31.0 Å². The van der Waals surface area contributed by atoms with E-state index in [4.69, 9.17) is 19.2 Å². The summed E-state index contributed by atoms with van der Waals surface area (Å²) >= 11 is 0. The molecule has 41 heavy (non-hydrogen) atoms. The van der Waals surface area contributed by atoms with Crippen molar-refractivity contribution in [2.24, 2.45) is 0 Å².